The maximum absolute atomic E-state index is 13.1. The van der Waals surface area contributed by atoms with Crippen molar-refractivity contribution in [3.05, 3.63) is 69.1 Å². The molecule has 0 unspecified atom stereocenters. The van der Waals surface area contributed by atoms with Crippen LogP contribution in [-0.2, 0) is 23.3 Å². The lowest BCUT2D eigenvalue weighted by Crippen LogP contribution is -2.40. The van der Waals surface area contributed by atoms with Crippen molar-refractivity contribution in [1.29, 1.82) is 0 Å². The highest BCUT2D eigenvalue weighted by Crippen LogP contribution is 2.30. The summed E-state index contributed by atoms with van der Waals surface area (Å²) in [6.45, 7) is 3.77. The molecule has 1 aromatic carbocycles. The summed E-state index contributed by atoms with van der Waals surface area (Å²) in [5.74, 6) is -0.353. The Hall–Kier alpha value is -3.00. The first-order valence-electron chi connectivity index (χ1n) is 9.11. The Morgan fingerprint density at radius 1 is 1.18 bits per heavy atom. The van der Waals surface area contributed by atoms with Gasteiger partial charge in [-0.1, -0.05) is 37.6 Å². The highest BCUT2D eigenvalue weighted by molar-refractivity contribution is 7.15. The largest absolute Gasteiger partial charge is 0.325 e. The molecule has 3 aromatic rings. The topological polar surface area (TPSA) is 83.8 Å². The second kappa shape index (κ2) is 6.87. The van der Waals surface area contributed by atoms with Crippen LogP contribution in [-0.4, -0.2) is 26.2 Å². The number of hydrogen-bond acceptors (Lipinski definition) is 5. The summed E-state index contributed by atoms with van der Waals surface area (Å²) in [6, 6.07) is 8.61. The molecule has 1 aliphatic heterocycles. The summed E-state index contributed by atoms with van der Waals surface area (Å²) >= 11 is 1.32. The van der Waals surface area contributed by atoms with E-state index in [4.69, 9.17) is 0 Å². The number of nitrogens with zero attached hydrogens (tertiary/aromatic N) is 3. The maximum atomic E-state index is 13.1. The lowest BCUT2D eigenvalue weighted by Gasteiger charge is -2.22. The van der Waals surface area contributed by atoms with Crippen molar-refractivity contribution in [2.45, 2.75) is 38.8 Å². The maximum Gasteiger partial charge on any atom is 0.325 e. The van der Waals surface area contributed by atoms with Crippen LogP contribution in [0.5, 0.6) is 0 Å². The second-order valence-corrected chi connectivity index (χ2v) is 7.91. The van der Waals surface area contributed by atoms with Crippen molar-refractivity contribution in [3.63, 3.8) is 0 Å². The van der Waals surface area contributed by atoms with Crippen LogP contribution in [0, 0.1) is 0 Å². The van der Waals surface area contributed by atoms with E-state index >= 15 is 0 Å². The van der Waals surface area contributed by atoms with Crippen LogP contribution >= 0.6 is 11.3 Å². The molecule has 0 saturated carbocycles. The molecule has 8 heteroatoms. The lowest BCUT2D eigenvalue weighted by atomic mass is 9.91. The van der Waals surface area contributed by atoms with E-state index < -0.39 is 11.6 Å². The Kier molecular flexibility index (Phi) is 4.50. The van der Waals surface area contributed by atoms with E-state index in [0.717, 1.165) is 23.3 Å². The van der Waals surface area contributed by atoms with Gasteiger partial charge in [-0.25, -0.2) is 9.78 Å². The number of rotatable bonds is 5. The van der Waals surface area contributed by atoms with Gasteiger partial charge in [0.05, 0.1) is 12.2 Å². The molecule has 0 radical (unpaired) electrons. The highest BCUT2D eigenvalue weighted by Gasteiger charge is 2.49. The number of hydrogen-bond donors (Lipinski definition) is 1. The van der Waals surface area contributed by atoms with E-state index in [1.165, 1.54) is 27.4 Å². The zero-order valence-corrected chi connectivity index (χ0v) is 16.5. The van der Waals surface area contributed by atoms with Gasteiger partial charge in [0.1, 0.15) is 5.54 Å². The number of benzene rings is 1. The first-order valence-corrected chi connectivity index (χ1v) is 9.99. The molecule has 3 heterocycles. The molecule has 28 heavy (non-hydrogen) atoms. The fourth-order valence-electron chi connectivity index (χ4n) is 3.46. The third kappa shape index (κ3) is 2.99. The quantitative estimate of drug-likeness (QED) is 0.672. The van der Waals surface area contributed by atoms with Crippen LogP contribution in [0.3, 0.4) is 0 Å². The van der Waals surface area contributed by atoms with Crippen molar-refractivity contribution in [1.82, 2.24) is 19.6 Å². The molecule has 2 aromatic heterocycles. The molecule has 1 N–H and O–H groups in total. The van der Waals surface area contributed by atoms with Gasteiger partial charge in [-0.15, -0.1) is 11.3 Å². The predicted octanol–water partition coefficient (Wildman–Crippen LogP) is 2.68. The van der Waals surface area contributed by atoms with Gasteiger partial charge < -0.3 is 5.32 Å². The zero-order valence-electron chi connectivity index (χ0n) is 15.6. The van der Waals surface area contributed by atoms with Crippen LogP contribution < -0.4 is 10.9 Å². The molecule has 4 rings (SSSR count). The Morgan fingerprint density at radius 3 is 2.64 bits per heavy atom. The first kappa shape index (κ1) is 18.4. The lowest BCUT2D eigenvalue weighted by molar-refractivity contribution is -0.131. The van der Waals surface area contributed by atoms with Crippen LogP contribution in [0.1, 0.15) is 37.1 Å². The van der Waals surface area contributed by atoms with Crippen molar-refractivity contribution in [2.75, 3.05) is 0 Å². The molecule has 1 fully saturated rings. The minimum Gasteiger partial charge on any atom is -0.319 e. The van der Waals surface area contributed by atoms with Gasteiger partial charge in [0.2, 0.25) is 0 Å². The number of carbonyl (C=O) groups excluding carboxylic acids is 2. The van der Waals surface area contributed by atoms with Gasteiger partial charge in [0.25, 0.3) is 11.5 Å². The van der Waals surface area contributed by atoms with Gasteiger partial charge in [0, 0.05) is 17.6 Å². The van der Waals surface area contributed by atoms with Crippen LogP contribution in [0.25, 0.3) is 4.96 Å². The van der Waals surface area contributed by atoms with Crippen molar-refractivity contribution >= 4 is 28.2 Å². The highest BCUT2D eigenvalue weighted by atomic mass is 32.1. The molecular formula is C20H20N4O3S. The SMILES string of the molecule is CCCc1ccc([C@@]2(C)NC(=O)N(Cc3cc(=O)n4ccsc4n3)C2=O)cc1. The van der Waals surface area contributed by atoms with E-state index in [0.29, 0.717) is 10.7 Å². The molecular weight excluding hydrogens is 376 g/mol. The number of aromatic nitrogens is 2. The first-order chi connectivity index (χ1) is 13.4. The fraction of sp³-hybridized carbons (Fsp3) is 0.300. The Bertz CT molecular complexity index is 1120. The minimum atomic E-state index is -1.14. The molecule has 0 aliphatic carbocycles. The Morgan fingerprint density at radius 2 is 1.93 bits per heavy atom. The Balaban J connectivity index is 1.61. The summed E-state index contributed by atoms with van der Waals surface area (Å²) < 4.78 is 1.43. The molecule has 1 aliphatic rings. The third-order valence-electron chi connectivity index (χ3n) is 5.02. The summed E-state index contributed by atoms with van der Waals surface area (Å²) in [6.07, 6.45) is 3.66. The number of urea groups is 1. The molecule has 144 valence electrons. The molecule has 1 atom stereocenters. The number of amides is 3. The number of thiazole rings is 1. The predicted molar refractivity (Wildman–Crippen MR) is 106 cm³/mol. The number of nitrogens with one attached hydrogen (secondary N) is 1. The zero-order chi connectivity index (χ0) is 19.9. The van der Waals surface area contributed by atoms with Gasteiger partial charge >= 0.3 is 6.03 Å². The average Bonchev–Trinajstić information content (AvgIpc) is 3.22. The van der Waals surface area contributed by atoms with Crippen molar-refractivity contribution in [3.8, 4) is 0 Å². The molecule has 0 spiro atoms. The van der Waals surface area contributed by atoms with Crippen LogP contribution in [0.2, 0.25) is 0 Å². The van der Waals surface area contributed by atoms with Gasteiger partial charge in [-0.2, -0.15) is 0 Å². The second-order valence-electron chi connectivity index (χ2n) is 7.03. The molecule has 7 nitrogen and oxygen atoms in total. The Labute approximate surface area is 165 Å². The van der Waals surface area contributed by atoms with E-state index in [-0.39, 0.29) is 18.0 Å². The minimum absolute atomic E-state index is 0.0438. The monoisotopic (exact) mass is 396 g/mol. The van der Waals surface area contributed by atoms with E-state index in [9.17, 15) is 14.4 Å². The standard InChI is InChI=1S/C20H20N4O3S/c1-3-4-13-5-7-14(8-6-13)20(2)17(26)24(18(27)22-20)12-15-11-16(25)23-9-10-28-19(23)21-15/h5-11H,3-4,12H2,1-2H3,(H,22,27)/t20-/m1/s1. The average molecular weight is 396 g/mol. The smallest absolute Gasteiger partial charge is 0.319 e. The van der Waals surface area contributed by atoms with Crippen molar-refractivity contribution in [2.24, 2.45) is 0 Å². The summed E-state index contributed by atoms with van der Waals surface area (Å²) in [7, 11) is 0. The summed E-state index contributed by atoms with van der Waals surface area (Å²) in [5.41, 5.74) is 0.942. The van der Waals surface area contributed by atoms with E-state index in [2.05, 4.69) is 17.2 Å². The van der Waals surface area contributed by atoms with Crippen LogP contribution in [0.15, 0.2) is 46.7 Å². The van der Waals surface area contributed by atoms with Gasteiger partial charge in [-0.3, -0.25) is 18.9 Å². The van der Waals surface area contributed by atoms with E-state index in [1.54, 1.807) is 18.5 Å². The van der Waals surface area contributed by atoms with Gasteiger partial charge in [0.15, 0.2) is 4.96 Å². The number of imide groups is 1. The number of fused-ring (bicyclic) bond motifs is 1. The summed E-state index contributed by atoms with van der Waals surface area (Å²) in [4.78, 5) is 43.8. The third-order valence-corrected chi connectivity index (χ3v) is 5.78. The van der Waals surface area contributed by atoms with Gasteiger partial charge in [-0.05, 0) is 24.5 Å². The number of carbonyl (C=O) groups is 2. The van der Waals surface area contributed by atoms with E-state index in [1.807, 2.05) is 24.3 Å². The van der Waals surface area contributed by atoms with Crippen molar-refractivity contribution < 1.29 is 9.59 Å². The number of aryl methyl sites for hydroxylation is 1. The molecule has 3 amide bonds. The molecule has 1 saturated heterocycles. The normalized spacial score (nSPS) is 19.4. The van der Waals surface area contributed by atoms with Crippen LogP contribution in [0.4, 0.5) is 4.79 Å². The molecule has 0 bridgehead atoms. The summed E-state index contributed by atoms with van der Waals surface area (Å²) in [5, 5.41) is 4.56. The fourth-order valence-corrected chi connectivity index (χ4v) is 4.20.